The number of furan rings is 1. The van der Waals surface area contributed by atoms with Crippen molar-refractivity contribution in [3.8, 4) is 5.75 Å². The number of thiocarbonyl (C=S) groups is 1. The zero-order valence-electron chi connectivity index (χ0n) is 12.6. The third kappa shape index (κ3) is 3.27. The SMILES string of the molecule is CCOc1ccccc1/C=C1\NC(=S)N(Cc2ccco2)C1=O. The van der Waals surface area contributed by atoms with Crippen LogP contribution >= 0.6 is 12.2 Å². The number of carbonyl (C=O) groups is 1. The minimum atomic E-state index is -0.183. The van der Waals surface area contributed by atoms with Gasteiger partial charge in [0.15, 0.2) is 5.11 Å². The first-order valence-electron chi connectivity index (χ1n) is 7.28. The molecule has 1 amide bonds. The molecule has 6 heteroatoms. The van der Waals surface area contributed by atoms with Crippen molar-refractivity contribution in [2.75, 3.05) is 6.61 Å². The predicted octanol–water partition coefficient (Wildman–Crippen LogP) is 2.94. The molecule has 5 nitrogen and oxygen atoms in total. The predicted molar refractivity (Wildman–Crippen MR) is 90.6 cm³/mol. The van der Waals surface area contributed by atoms with Gasteiger partial charge in [0, 0.05) is 5.56 Å². The average Bonchev–Trinajstić information content (AvgIpc) is 3.14. The molecule has 0 spiro atoms. The zero-order chi connectivity index (χ0) is 16.2. The number of benzene rings is 1. The van der Waals surface area contributed by atoms with Crippen LogP contribution in [0.4, 0.5) is 0 Å². The molecule has 1 aromatic heterocycles. The van der Waals surface area contributed by atoms with Gasteiger partial charge in [0.25, 0.3) is 5.91 Å². The minimum Gasteiger partial charge on any atom is -0.493 e. The number of hydrogen-bond acceptors (Lipinski definition) is 4. The molecule has 1 fully saturated rings. The second kappa shape index (κ2) is 6.66. The van der Waals surface area contributed by atoms with Crippen LogP contribution < -0.4 is 10.1 Å². The van der Waals surface area contributed by atoms with Crippen molar-refractivity contribution in [1.29, 1.82) is 0 Å². The molecule has 23 heavy (non-hydrogen) atoms. The van der Waals surface area contributed by atoms with Gasteiger partial charge in [0.1, 0.15) is 17.2 Å². The molecule has 0 atom stereocenters. The lowest BCUT2D eigenvalue weighted by Crippen LogP contribution is -2.29. The van der Waals surface area contributed by atoms with Gasteiger partial charge in [-0.15, -0.1) is 0 Å². The van der Waals surface area contributed by atoms with Crippen molar-refractivity contribution in [2.45, 2.75) is 13.5 Å². The van der Waals surface area contributed by atoms with Gasteiger partial charge in [-0.2, -0.15) is 0 Å². The van der Waals surface area contributed by atoms with Gasteiger partial charge in [-0.05, 0) is 43.4 Å². The lowest BCUT2D eigenvalue weighted by atomic mass is 10.1. The Morgan fingerprint density at radius 3 is 2.87 bits per heavy atom. The fourth-order valence-corrected chi connectivity index (χ4v) is 2.57. The van der Waals surface area contributed by atoms with Crippen molar-refractivity contribution in [2.24, 2.45) is 0 Å². The Hall–Kier alpha value is -2.60. The summed E-state index contributed by atoms with van der Waals surface area (Å²) in [6, 6.07) is 11.1. The van der Waals surface area contributed by atoms with E-state index in [1.807, 2.05) is 37.3 Å². The summed E-state index contributed by atoms with van der Waals surface area (Å²) in [5.74, 6) is 1.23. The van der Waals surface area contributed by atoms with E-state index in [1.54, 1.807) is 18.4 Å². The second-order valence-corrected chi connectivity index (χ2v) is 5.32. The van der Waals surface area contributed by atoms with Crippen molar-refractivity contribution >= 4 is 29.3 Å². The summed E-state index contributed by atoms with van der Waals surface area (Å²) in [4.78, 5) is 14.0. The lowest BCUT2D eigenvalue weighted by Gasteiger charge is -2.11. The molecule has 1 aromatic carbocycles. The van der Waals surface area contributed by atoms with Gasteiger partial charge >= 0.3 is 0 Å². The average molecular weight is 328 g/mol. The van der Waals surface area contributed by atoms with Gasteiger partial charge in [-0.1, -0.05) is 18.2 Å². The Labute approximate surface area is 139 Å². The summed E-state index contributed by atoms with van der Waals surface area (Å²) < 4.78 is 10.9. The molecule has 0 aliphatic carbocycles. The van der Waals surface area contributed by atoms with Crippen molar-refractivity contribution < 1.29 is 13.9 Å². The maximum atomic E-state index is 12.5. The van der Waals surface area contributed by atoms with Crippen LogP contribution in [-0.2, 0) is 11.3 Å². The maximum Gasteiger partial charge on any atom is 0.276 e. The van der Waals surface area contributed by atoms with E-state index in [9.17, 15) is 4.79 Å². The Kier molecular flexibility index (Phi) is 4.43. The first-order chi connectivity index (χ1) is 11.2. The minimum absolute atomic E-state index is 0.183. The van der Waals surface area contributed by atoms with Crippen LogP contribution in [0.15, 0.2) is 52.8 Å². The van der Waals surface area contributed by atoms with Gasteiger partial charge in [0.2, 0.25) is 0 Å². The van der Waals surface area contributed by atoms with Crippen LogP contribution in [0.5, 0.6) is 5.75 Å². The Bertz CT molecular complexity index is 753. The molecule has 0 bridgehead atoms. The quantitative estimate of drug-likeness (QED) is 0.675. The number of hydrogen-bond donors (Lipinski definition) is 1. The Morgan fingerprint density at radius 2 is 2.13 bits per heavy atom. The lowest BCUT2D eigenvalue weighted by molar-refractivity contribution is -0.122. The summed E-state index contributed by atoms with van der Waals surface area (Å²) >= 11 is 5.25. The van der Waals surface area contributed by atoms with E-state index in [-0.39, 0.29) is 5.91 Å². The van der Waals surface area contributed by atoms with Crippen LogP contribution in [0.25, 0.3) is 6.08 Å². The highest BCUT2D eigenvalue weighted by Crippen LogP contribution is 2.23. The molecule has 0 saturated carbocycles. The summed E-state index contributed by atoms with van der Waals surface area (Å²) in [6.07, 6.45) is 3.32. The maximum absolute atomic E-state index is 12.5. The number of rotatable bonds is 5. The normalized spacial score (nSPS) is 16.0. The van der Waals surface area contributed by atoms with Gasteiger partial charge < -0.3 is 14.5 Å². The molecule has 118 valence electrons. The standard InChI is InChI=1S/C17H16N2O3S/c1-2-21-15-8-4-3-6-12(15)10-14-16(20)19(17(23)18-14)11-13-7-5-9-22-13/h3-10H,2,11H2,1H3,(H,18,23)/b14-10-. The largest absolute Gasteiger partial charge is 0.493 e. The number of nitrogens with one attached hydrogen (secondary N) is 1. The number of amides is 1. The number of carbonyl (C=O) groups excluding carboxylic acids is 1. The van der Waals surface area contributed by atoms with E-state index >= 15 is 0 Å². The smallest absolute Gasteiger partial charge is 0.276 e. The van der Waals surface area contributed by atoms with Crippen LogP contribution in [0.3, 0.4) is 0 Å². The monoisotopic (exact) mass is 328 g/mol. The van der Waals surface area contributed by atoms with Gasteiger partial charge in [-0.25, -0.2) is 0 Å². The van der Waals surface area contributed by atoms with Gasteiger partial charge in [0.05, 0.1) is 19.4 Å². The summed E-state index contributed by atoms with van der Waals surface area (Å²) in [6.45, 7) is 2.79. The van der Waals surface area contributed by atoms with E-state index in [0.29, 0.717) is 29.7 Å². The van der Waals surface area contributed by atoms with Crippen molar-refractivity contribution in [1.82, 2.24) is 10.2 Å². The van der Waals surface area contributed by atoms with Crippen molar-refractivity contribution in [3.63, 3.8) is 0 Å². The van der Waals surface area contributed by atoms with Crippen LogP contribution in [0, 0.1) is 0 Å². The summed E-state index contributed by atoms with van der Waals surface area (Å²) in [5.41, 5.74) is 1.25. The highest BCUT2D eigenvalue weighted by Gasteiger charge is 2.31. The van der Waals surface area contributed by atoms with Crippen molar-refractivity contribution in [3.05, 3.63) is 59.7 Å². The molecular weight excluding hydrogens is 312 g/mol. The first-order valence-corrected chi connectivity index (χ1v) is 7.68. The molecule has 1 aliphatic heterocycles. The third-order valence-corrected chi connectivity index (χ3v) is 3.70. The summed E-state index contributed by atoms with van der Waals surface area (Å²) in [5, 5.41) is 3.32. The molecule has 0 radical (unpaired) electrons. The number of nitrogens with zero attached hydrogens (tertiary/aromatic N) is 1. The van der Waals surface area contributed by atoms with Crippen LogP contribution in [-0.4, -0.2) is 22.5 Å². The molecule has 1 aliphatic rings. The molecule has 1 saturated heterocycles. The highest BCUT2D eigenvalue weighted by molar-refractivity contribution is 7.80. The number of para-hydroxylation sites is 1. The Morgan fingerprint density at radius 1 is 1.30 bits per heavy atom. The molecular formula is C17H16N2O3S. The number of ether oxygens (including phenoxy) is 1. The highest BCUT2D eigenvalue weighted by atomic mass is 32.1. The molecule has 3 rings (SSSR count). The molecule has 2 heterocycles. The first kappa shape index (κ1) is 15.3. The van der Waals surface area contributed by atoms with E-state index in [2.05, 4.69) is 5.32 Å². The van der Waals surface area contributed by atoms with Crippen LogP contribution in [0.1, 0.15) is 18.2 Å². The Balaban J connectivity index is 1.84. The topological polar surface area (TPSA) is 54.7 Å². The second-order valence-electron chi connectivity index (χ2n) is 4.93. The van der Waals surface area contributed by atoms with Gasteiger partial charge in [-0.3, -0.25) is 9.69 Å². The van der Waals surface area contributed by atoms with E-state index < -0.39 is 0 Å². The van der Waals surface area contributed by atoms with E-state index in [0.717, 1.165) is 11.3 Å². The fraction of sp³-hybridized carbons (Fsp3) is 0.176. The van der Waals surface area contributed by atoms with E-state index in [4.69, 9.17) is 21.4 Å². The van der Waals surface area contributed by atoms with Crippen LogP contribution in [0.2, 0.25) is 0 Å². The molecule has 1 N–H and O–H groups in total. The third-order valence-electron chi connectivity index (χ3n) is 3.38. The molecule has 2 aromatic rings. The fourth-order valence-electron chi connectivity index (χ4n) is 2.32. The summed E-state index contributed by atoms with van der Waals surface area (Å²) in [7, 11) is 0. The zero-order valence-corrected chi connectivity index (χ0v) is 13.4. The molecule has 0 unspecified atom stereocenters. The van der Waals surface area contributed by atoms with E-state index in [1.165, 1.54) is 4.90 Å².